The predicted molar refractivity (Wildman–Crippen MR) is 126 cm³/mol. The van der Waals surface area contributed by atoms with Gasteiger partial charge in [0.05, 0.1) is 11.8 Å². The molecule has 0 spiro atoms. The number of esters is 1. The van der Waals surface area contributed by atoms with Crippen LogP contribution in [0.4, 0.5) is 0 Å². The quantitative estimate of drug-likeness (QED) is 0.231. The highest BCUT2D eigenvalue weighted by atomic mass is 16.5. The average molecular weight is 436 g/mol. The molecule has 0 N–H and O–H groups in total. The monoisotopic (exact) mass is 436 g/mol. The van der Waals surface area contributed by atoms with Crippen LogP contribution in [0.15, 0.2) is 81.5 Å². The molecular weight excluding hydrogens is 416 g/mol. The lowest BCUT2D eigenvalue weighted by Gasteiger charge is -2.31. The Hall–Kier alpha value is -4.12. The van der Waals surface area contributed by atoms with Crippen molar-refractivity contribution in [1.82, 2.24) is 0 Å². The first-order chi connectivity index (χ1) is 16.1. The van der Waals surface area contributed by atoms with E-state index in [1.807, 2.05) is 67.6 Å². The summed E-state index contributed by atoms with van der Waals surface area (Å²) in [5.74, 6) is 0.802. The van der Waals surface area contributed by atoms with Gasteiger partial charge in [-0.25, -0.2) is 4.79 Å². The van der Waals surface area contributed by atoms with E-state index in [-0.39, 0.29) is 18.3 Å². The van der Waals surface area contributed by atoms with Crippen molar-refractivity contribution >= 4 is 23.0 Å². The minimum absolute atomic E-state index is 0.186. The van der Waals surface area contributed by atoms with Crippen molar-refractivity contribution in [2.45, 2.75) is 19.3 Å². The van der Waals surface area contributed by atoms with Crippen molar-refractivity contribution in [2.24, 2.45) is 0 Å². The van der Waals surface area contributed by atoms with Gasteiger partial charge in [-0.15, -0.1) is 0 Å². The number of para-hydroxylation sites is 1. The molecular formula is C28H20O5. The molecule has 0 saturated carbocycles. The minimum Gasteiger partial charge on any atom is -0.489 e. The molecule has 1 atom stereocenters. The van der Waals surface area contributed by atoms with Crippen LogP contribution in [0.25, 0.3) is 28.2 Å². The number of hydrogen-bond donors (Lipinski definition) is 0. The van der Waals surface area contributed by atoms with Gasteiger partial charge in [-0.3, -0.25) is 4.79 Å². The normalized spacial score (nSPS) is 16.9. The second-order valence-corrected chi connectivity index (χ2v) is 8.43. The Morgan fingerprint density at radius 2 is 1.73 bits per heavy atom. The topological polar surface area (TPSA) is 65.7 Å². The fraction of sp³-hybridized carbons (Fsp3) is 0.143. The molecule has 5 heteroatoms. The molecule has 0 aliphatic carbocycles. The first-order valence-corrected chi connectivity index (χ1v) is 10.9. The van der Waals surface area contributed by atoms with Gasteiger partial charge >= 0.3 is 11.6 Å². The fourth-order valence-corrected chi connectivity index (χ4v) is 4.90. The minimum atomic E-state index is -0.445. The summed E-state index contributed by atoms with van der Waals surface area (Å²) in [4.78, 5) is 25.2. The number of hydrogen-bond acceptors (Lipinski definition) is 5. The Labute approximate surface area is 189 Å². The van der Waals surface area contributed by atoms with Crippen LogP contribution in [0, 0.1) is 6.92 Å². The Morgan fingerprint density at radius 3 is 2.58 bits per heavy atom. The number of carbonyl (C=O) groups is 1. The predicted octanol–water partition coefficient (Wildman–Crippen LogP) is 5.64. The third kappa shape index (κ3) is 3.24. The molecule has 0 radical (unpaired) electrons. The molecule has 2 aliphatic heterocycles. The zero-order valence-corrected chi connectivity index (χ0v) is 18.0. The lowest BCUT2D eigenvalue weighted by atomic mass is 9.81. The number of aryl methyl sites for hydroxylation is 1. The maximum absolute atomic E-state index is 12.8. The first-order valence-electron chi connectivity index (χ1n) is 10.9. The van der Waals surface area contributed by atoms with E-state index in [0.29, 0.717) is 28.9 Å². The standard InChI is InChI=1S/C28H20O5/c1-16-11-23-27(20(13-24(29)32-23)17-7-3-2-4-8-17)28-26(16)21(14-25(30)33-28)19-12-18-9-5-6-10-22(18)31-15-19/h2-13,21H,14-15H2,1H3/t21-/m0/s1. The summed E-state index contributed by atoms with van der Waals surface area (Å²) in [5.41, 5.74) is 5.36. The van der Waals surface area contributed by atoms with E-state index >= 15 is 0 Å². The summed E-state index contributed by atoms with van der Waals surface area (Å²) in [6, 6.07) is 20.8. The van der Waals surface area contributed by atoms with Gasteiger partial charge in [-0.1, -0.05) is 48.5 Å². The van der Waals surface area contributed by atoms with Gasteiger partial charge in [0.15, 0.2) is 0 Å². The molecule has 1 aromatic heterocycles. The molecule has 0 amide bonds. The molecule has 33 heavy (non-hydrogen) atoms. The number of benzene rings is 3. The molecule has 162 valence electrons. The molecule has 2 aliphatic rings. The van der Waals surface area contributed by atoms with E-state index in [2.05, 4.69) is 6.08 Å². The second-order valence-electron chi connectivity index (χ2n) is 8.43. The second kappa shape index (κ2) is 7.48. The highest BCUT2D eigenvalue weighted by Gasteiger charge is 2.35. The maximum Gasteiger partial charge on any atom is 0.336 e. The molecule has 6 rings (SSSR count). The van der Waals surface area contributed by atoms with Crippen molar-refractivity contribution in [3.05, 3.63) is 99.4 Å². The van der Waals surface area contributed by atoms with E-state index in [4.69, 9.17) is 13.9 Å². The number of fused-ring (bicyclic) bond motifs is 4. The fourth-order valence-electron chi connectivity index (χ4n) is 4.90. The summed E-state index contributed by atoms with van der Waals surface area (Å²) in [6.45, 7) is 2.36. The van der Waals surface area contributed by atoms with Crippen LogP contribution in [-0.2, 0) is 4.79 Å². The van der Waals surface area contributed by atoms with Crippen LogP contribution in [0.3, 0.4) is 0 Å². The van der Waals surface area contributed by atoms with Crippen molar-refractivity contribution in [3.63, 3.8) is 0 Å². The van der Waals surface area contributed by atoms with Crippen molar-refractivity contribution in [3.8, 4) is 22.6 Å². The first kappa shape index (κ1) is 19.6. The summed E-state index contributed by atoms with van der Waals surface area (Å²) in [7, 11) is 0. The van der Waals surface area contributed by atoms with Crippen LogP contribution in [0.1, 0.15) is 29.0 Å². The largest absolute Gasteiger partial charge is 0.489 e. The molecule has 3 heterocycles. The van der Waals surface area contributed by atoms with Gasteiger partial charge in [0.25, 0.3) is 0 Å². The van der Waals surface area contributed by atoms with Crippen LogP contribution >= 0.6 is 0 Å². The Balaban J connectivity index is 1.62. The van der Waals surface area contributed by atoms with E-state index in [9.17, 15) is 9.59 Å². The zero-order valence-electron chi connectivity index (χ0n) is 18.0. The lowest BCUT2D eigenvalue weighted by Crippen LogP contribution is -2.25. The summed E-state index contributed by atoms with van der Waals surface area (Å²) in [6.07, 6.45) is 2.34. The molecule has 5 nitrogen and oxygen atoms in total. The van der Waals surface area contributed by atoms with Gasteiger partial charge in [0.1, 0.15) is 23.7 Å². The zero-order chi connectivity index (χ0) is 22.5. The molecule has 0 fully saturated rings. The summed E-state index contributed by atoms with van der Waals surface area (Å²) >= 11 is 0. The molecule has 3 aromatic carbocycles. The van der Waals surface area contributed by atoms with Crippen molar-refractivity contribution < 1.29 is 18.7 Å². The maximum atomic E-state index is 12.8. The highest BCUT2D eigenvalue weighted by molar-refractivity contribution is 6.01. The van der Waals surface area contributed by atoms with Gasteiger partial charge in [0, 0.05) is 28.7 Å². The Bertz CT molecular complexity index is 1510. The molecule has 0 saturated heterocycles. The van der Waals surface area contributed by atoms with Crippen LogP contribution in [-0.4, -0.2) is 12.6 Å². The lowest BCUT2D eigenvalue weighted by molar-refractivity contribution is -0.135. The van der Waals surface area contributed by atoms with Crippen molar-refractivity contribution in [1.29, 1.82) is 0 Å². The van der Waals surface area contributed by atoms with Crippen molar-refractivity contribution in [2.75, 3.05) is 6.61 Å². The Morgan fingerprint density at radius 1 is 0.939 bits per heavy atom. The third-order valence-electron chi connectivity index (χ3n) is 6.35. The Kier molecular flexibility index (Phi) is 4.44. The van der Waals surface area contributed by atoms with Crippen LogP contribution in [0.2, 0.25) is 0 Å². The van der Waals surface area contributed by atoms with Gasteiger partial charge in [0.2, 0.25) is 0 Å². The van der Waals surface area contributed by atoms with E-state index in [0.717, 1.165) is 33.6 Å². The number of carbonyl (C=O) groups excluding carboxylic acids is 1. The molecule has 0 unspecified atom stereocenters. The van der Waals surface area contributed by atoms with E-state index in [1.54, 1.807) is 0 Å². The summed E-state index contributed by atoms with van der Waals surface area (Å²) in [5, 5.41) is 0.636. The third-order valence-corrected chi connectivity index (χ3v) is 6.35. The van der Waals surface area contributed by atoms with Crippen LogP contribution < -0.4 is 15.1 Å². The van der Waals surface area contributed by atoms with E-state index in [1.165, 1.54) is 6.07 Å². The number of rotatable bonds is 2. The van der Waals surface area contributed by atoms with Gasteiger partial charge < -0.3 is 13.9 Å². The SMILES string of the molecule is Cc1cc2oc(=O)cc(-c3ccccc3)c2c2c1[C@H](C1=Cc3ccccc3OC1)CC(=O)O2. The number of ether oxygens (including phenoxy) is 2. The average Bonchev–Trinajstić information content (AvgIpc) is 2.83. The van der Waals surface area contributed by atoms with E-state index < -0.39 is 5.63 Å². The molecule has 4 aromatic rings. The van der Waals surface area contributed by atoms with Gasteiger partial charge in [-0.2, -0.15) is 0 Å². The van der Waals surface area contributed by atoms with Gasteiger partial charge in [-0.05, 0) is 41.8 Å². The molecule has 0 bridgehead atoms. The smallest absolute Gasteiger partial charge is 0.336 e. The summed E-state index contributed by atoms with van der Waals surface area (Å²) < 4.78 is 17.4. The highest BCUT2D eigenvalue weighted by Crippen LogP contribution is 2.48. The van der Waals surface area contributed by atoms with Crippen LogP contribution in [0.5, 0.6) is 11.5 Å².